The van der Waals surface area contributed by atoms with Crippen LogP contribution in [0.1, 0.15) is 64.0 Å². The molecule has 0 amide bonds. The van der Waals surface area contributed by atoms with Crippen molar-refractivity contribution in [3.63, 3.8) is 0 Å². The number of likely N-dealkylation sites (tertiary alicyclic amines) is 1. The summed E-state index contributed by atoms with van der Waals surface area (Å²) in [5, 5.41) is 16.7. The molecular weight excluding hydrogens is 360 g/mol. The van der Waals surface area contributed by atoms with Crippen molar-refractivity contribution in [3.05, 3.63) is 35.4 Å². The molecule has 1 saturated heterocycles. The minimum Gasteiger partial charge on any atom is -0.393 e. The Labute approximate surface area is 177 Å². The van der Waals surface area contributed by atoms with Crippen molar-refractivity contribution in [2.24, 2.45) is 16.8 Å². The summed E-state index contributed by atoms with van der Waals surface area (Å²) < 4.78 is 0. The van der Waals surface area contributed by atoms with Gasteiger partial charge in [0.15, 0.2) is 5.96 Å². The minimum absolute atomic E-state index is 0.106. The topological polar surface area (TPSA) is 59.9 Å². The first kappa shape index (κ1) is 22.1. The molecule has 5 heteroatoms. The second-order valence-electron chi connectivity index (χ2n) is 9.28. The number of nitrogens with zero attached hydrogens (tertiary/aromatic N) is 2. The van der Waals surface area contributed by atoms with E-state index in [1.165, 1.54) is 30.4 Å². The van der Waals surface area contributed by atoms with E-state index in [1.807, 2.05) is 0 Å². The molecule has 3 N–H and O–H groups in total. The van der Waals surface area contributed by atoms with Gasteiger partial charge in [-0.2, -0.15) is 0 Å². The van der Waals surface area contributed by atoms with Crippen LogP contribution in [0, 0.1) is 11.8 Å². The molecule has 2 unspecified atom stereocenters. The fraction of sp³-hybridized carbons (Fsp3) is 0.708. The summed E-state index contributed by atoms with van der Waals surface area (Å²) in [4.78, 5) is 7.27. The summed E-state index contributed by atoms with van der Waals surface area (Å²) in [5.74, 6) is 2.51. The Morgan fingerprint density at radius 2 is 1.66 bits per heavy atom. The van der Waals surface area contributed by atoms with E-state index in [4.69, 9.17) is 4.99 Å². The van der Waals surface area contributed by atoms with Gasteiger partial charge in [0.25, 0.3) is 0 Å². The van der Waals surface area contributed by atoms with Crippen molar-refractivity contribution >= 4 is 5.96 Å². The molecule has 1 saturated carbocycles. The van der Waals surface area contributed by atoms with Crippen LogP contribution < -0.4 is 10.6 Å². The molecule has 0 spiro atoms. The average Bonchev–Trinajstić information content (AvgIpc) is 2.68. The summed E-state index contributed by atoms with van der Waals surface area (Å²) >= 11 is 0. The van der Waals surface area contributed by atoms with Crippen molar-refractivity contribution < 1.29 is 5.11 Å². The number of nitrogens with one attached hydrogen (secondary N) is 2. The highest BCUT2D eigenvalue weighted by Crippen LogP contribution is 2.28. The predicted molar refractivity (Wildman–Crippen MR) is 121 cm³/mol. The first-order chi connectivity index (χ1) is 14.0. The van der Waals surface area contributed by atoms with E-state index in [0.29, 0.717) is 12.6 Å². The smallest absolute Gasteiger partial charge is 0.191 e. The third-order valence-electron chi connectivity index (χ3n) is 6.27. The van der Waals surface area contributed by atoms with Crippen molar-refractivity contribution in [1.29, 1.82) is 0 Å². The van der Waals surface area contributed by atoms with Crippen LogP contribution in [0.5, 0.6) is 0 Å². The van der Waals surface area contributed by atoms with Gasteiger partial charge in [0.1, 0.15) is 0 Å². The van der Waals surface area contributed by atoms with Crippen LogP contribution in [-0.2, 0) is 13.1 Å². The molecule has 5 nitrogen and oxygen atoms in total. The minimum atomic E-state index is -0.106. The number of aliphatic hydroxyl groups excluding tert-OH is 1. The van der Waals surface area contributed by atoms with Crippen molar-refractivity contribution in [3.8, 4) is 0 Å². The van der Waals surface area contributed by atoms with Gasteiger partial charge in [-0.15, -0.1) is 0 Å². The highest BCUT2D eigenvalue weighted by Gasteiger charge is 2.24. The van der Waals surface area contributed by atoms with E-state index in [0.717, 1.165) is 56.8 Å². The highest BCUT2D eigenvalue weighted by molar-refractivity contribution is 5.80. The van der Waals surface area contributed by atoms with Gasteiger partial charge in [-0.05, 0) is 62.0 Å². The van der Waals surface area contributed by atoms with Crippen LogP contribution in [0.25, 0.3) is 0 Å². The molecule has 1 aromatic carbocycles. The number of aliphatic imine (C=N–C) groups is 1. The molecule has 0 radical (unpaired) electrons. The molecule has 29 heavy (non-hydrogen) atoms. The molecule has 1 heterocycles. The SMILES string of the molecule is CCNC(=NCc1ccc(CN2CCC(O)CC2)cc1)NC1CC(C)CC(C)C1. The lowest BCUT2D eigenvalue weighted by atomic mass is 9.80. The average molecular weight is 401 g/mol. The van der Waals surface area contributed by atoms with E-state index in [9.17, 15) is 5.11 Å². The third-order valence-corrected chi connectivity index (χ3v) is 6.27. The molecule has 2 fully saturated rings. The number of guanidine groups is 1. The molecule has 1 aliphatic heterocycles. The fourth-order valence-corrected chi connectivity index (χ4v) is 4.83. The number of rotatable bonds is 6. The molecule has 1 aliphatic carbocycles. The summed E-state index contributed by atoms with van der Waals surface area (Å²) in [6, 6.07) is 9.37. The molecule has 2 aliphatic rings. The Balaban J connectivity index is 1.52. The van der Waals surface area contributed by atoms with Gasteiger partial charge < -0.3 is 15.7 Å². The summed E-state index contributed by atoms with van der Waals surface area (Å²) in [5.41, 5.74) is 2.58. The number of piperidine rings is 1. The van der Waals surface area contributed by atoms with Gasteiger partial charge in [-0.1, -0.05) is 38.1 Å². The van der Waals surface area contributed by atoms with Gasteiger partial charge >= 0.3 is 0 Å². The largest absolute Gasteiger partial charge is 0.393 e. The number of hydrogen-bond donors (Lipinski definition) is 3. The van der Waals surface area contributed by atoms with Gasteiger partial charge in [-0.3, -0.25) is 4.90 Å². The van der Waals surface area contributed by atoms with Crippen molar-refractivity contribution in [2.45, 2.75) is 78.1 Å². The van der Waals surface area contributed by atoms with Crippen LogP contribution in [0.2, 0.25) is 0 Å². The molecule has 1 aromatic rings. The maximum Gasteiger partial charge on any atom is 0.191 e. The molecule has 3 rings (SSSR count). The third kappa shape index (κ3) is 7.31. The van der Waals surface area contributed by atoms with Crippen molar-refractivity contribution in [2.75, 3.05) is 19.6 Å². The highest BCUT2D eigenvalue weighted by atomic mass is 16.3. The zero-order valence-corrected chi connectivity index (χ0v) is 18.5. The van der Waals surface area contributed by atoms with Crippen LogP contribution in [0.15, 0.2) is 29.3 Å². The number of aliphatic hydroxyl groups is 1. The Morgan fingerprint density at radius 1 is 1.03 bits per heavy atom. The zero-order valence-electron chi connectivity index (χ0n) is 18.5. The van der Waals surface area contributed by atoms with Gasteiger partial charge in [-0.25, -0.2) is 4.99 Å². The Morgan fingerprint density at radius 3 is 2.28 bits per heavy atom. The Hall–Kier alpha value is -1.59. The quantitative estimate of drug-likeness (QED) is 0.505. The standard InChI is InChI=1S/C24H40N4O/c1-4-25-24(27-22-14-18(2)13-19(3)15-22)26-16-20-5-7-21(8-6-20)17-28-11-9-23(29)10-12-28/h5-8,18-19,22-23,29H,4,9-17H2,1-3H3,(H2,25,26,27). The lowest BCUT2D eigenvalue weighted by Crippen LogP contribution is -2.46. The fourth-order valence-electron chi connectivity index (χ4n) is 4.83. The van der Waals surface area contributed by atoms with Crippen LogP contribution in [0.4, 0.5) is 0 Å². The lowest BCUT2D eigenvalue weighted by molar-refractivity contribution is 0.0792. The summed E-state index contributed by atoms with van der Waals surface area (Å²) in [6.45, 7) is 11.4. The van der Waals surface area contributed by atoms with E-state index in [1.54, 1.807) is 0 Å². The first-order valence-electron chi connectivity index (χ1n) is 11.5. The lowest BCUT2D eigenvalue weighted by Gasteiger charge is -2.32. The summed E-state index contributed by atoms with van der Waals surface area (Å²) in [7, 11) is 0. The Bertz CT molecular complexity index is 627. The zero-order chi connectivity index (χ0) is 20.6. The monoisotopic (exact) mass is 400 g/mol. The molecule has 0 aromatic heterocycles. The van der Waals surface area contributed by atoms with E-state index in [-0.39, 0.29) is 6.10 Å². The van der Waals surface area contributed by atoms with Gasteiger partial charge in [0, 0.05) is 32.2 Å². The predicted octanol–water partition coefficient (Wildman–Crippen LogP) is 3.52. The van der Waals surface area contributed by atoms with E-state index >= 15 is 0 Å². The van der Waals surface area contributed by atoms with Crippen LogP contribution >= 0.6 is 0 Å². The van der Waals surface area contributed by atoms with E-state index in [2.05, 4.69) is 60.6 Å². The molecule has 2 atom stereocenters. The second-order valence-corrected chi connectivity index (χ2v) is 9.28. The van der Waals surface area contributed by atoms with Crippen LogP contribution in [-0.4, -0.2) is 47.7 Å². The molecule has 0 bridgehead atoms. The van der Waals surface area contributed by atoms with Gasteiger partial charge in [0.05, 0.1) is 12.6 Å². The normalized spacial score (nSPS) is 27.0. The maximum absolute atomic E-state index is 9.65. The second kappa shape index (κ2) is 11.0. The number of hydrogen-bond acceptors (Lipinski definition) is 3. The molecule has 162 valence electrons. The number of benzene rings is 1. The van der Waals surface area contributed by atoms with Crippen LogP contribution in [0.3, 0.4) is 0 Å². The molecular formula is C24H40N4O. The Kier molecular flexibility index (Phi) is 8.37. The van der Waals surface area contributed by atoms with E-state index < -0.39 is 0 Å². The van der Waals surface area contributed by atoms with Crippen molar-refractivity contribution in [1.82, 2.24) is 15.5 Å². The first-order valence-corrected chi connectivity index (χ1v) is 11.5. The van der Waals surface area contributed by atoms with Gasteiger partial charge in [0.2, 0.25) is 0 Å². The summed E-state index contributed by atoms with van der Waals surface area (Å²) in [6.07, 6.45) is 5.49. The maximum atomic E-state index is 9.65.